The van der Waals surface area contributed by atoms with Crippen molar-refractivity contribution in [2.24, 2.45) is 0 Å². The van der Waals surface area contributed by atoms with Crippen LogP contribution >= 0.6 is 0 Å². The van der Waals surface area contributed by atoms with Crippen LogP contribution in [0.1, 0.15) is 44.1 Å². The van der Waals surface area contributed by atoms with Crippen molar-refractivity contribution in [3.63, 3.8) is 0 Å². The standard InChI is InChI=1S/C15H19F3N2O/c1-3-10(2)20-13-7-6-11(15(16,17)18)9-12(13)19-14(20)5-4-8-21/h6-7,9-10,21H,3-5,8H2,1-2H3. The van der Waals surface area contributed by atoms with Crippen molar-refractivity contribution in [2.75, 3.05) is 6.61 Å². The van der Waals surface area contributed by atoms with Crippen LogP contribution in [0.5, 0.6) is 0 Å². The number of benzene rings is 1. The van der Waals surface area contributed by atoms with Gasteiger partial charge in [-0.2, -0.15) is 13.2 Å². The maximum absolute atomic E-state index is 12.8. The molecule has 0 aliphatic rings. The normalized spacial score (nSPS) is 13.8. The maximum Gasteiger partial charge on any atom is 0.416 e. The molecule has 1 unspecified atom stereocenters. The summed E-state index contributed by atoms with van der Waals surface area (Å²) in [5, 5.41) is 8.95. The number of aliphatic hydroxyl groups is 1. The molecule has 1 aromatic carbocycles. The lowest BCUT2D eigenvalue weighted by atomic mass is 10.1. The van der Waals surface area contributed by atoms with Crippen LogP contribution in [0, 0.1) is 0 Å². The van der Waals surface area contributed by atoms with Crippen molar-refractivity contribution in [1.29, 1.82) is 0 Å². The number of aliphatic hydroxyl groups excluding tert-OH is 1. The Kier molecular flexibility index (Phi) is 4.56. The molecule has 1 N–H and O–H groups in total. The van der Waals surface area contributed by atoms with Crippen molar-refractivity contribution in [3.05, 3.63) is 29.6 Å². The van der Waals surface area contributed by atoms with Gasteiger partial charge in [-0.1, -0.05) is 6.92 Å². The number of fused-ring (bicyclic) bond motifs is 1. The van der Waals surface area contributed by atoms with E-state index in [2.05, 4.69) is 4.98 Å². The molecule has 2 aromatic rings. The van der Waals surface area contributed by atoms with Gasteiger partial charge in [0.25, 0.3) is 0 Å². The lowest BCUT2D eigenvalue weighted by molar-refractivity contribution is -0.137. The molecule has 1 atom stereocenters. The molecule has 0 radical (unpaired) electrons. The molecule has 6 heteroatoms. The van der Waals surface area contributed by atoms with Crippen molar-refractivity contribution in [3.8, 4) is 0 Å². The molecule has 3 nitrogen and oxygen atoms in total. The van der Waals surface area contributed by atoms with E-state index in [1.165, 1.54) is 6.07 Å². The van der Waals surface area contributed by atoms with Crippen molar-refractivity contribution in [2.45, 2.75) is 45.3 Å². The molecule has 0 fully saturated rings. The highest BCUT2D eigenvalue weighted by molar-refractivity contribution is 5.77. The quantitative estimate of drug-likeness (QED) is 0.908. The van der Waals surface area contributed by atoms with Gasteiger partial charge in [0.1, 0.15) is 5.82 Å². The van der Waals surface area contributed by atoms with E-state index in [-0.39, 0.29) is 12.6 Å². The number of hydrogen-bond donors (Lipinski definition) is 1. The first-order valence-corrected chi connectivity index (χ1v) is 7.07. The maximum atomic E-state index is 12.8. The van der Waals surface area contributed by atoms with Crippen LogP contribution in [0.2, 0.25) is 0 Å². The van der Waals surface area contributed by atoms with Crippen LogP contribution in [0.4, 0.5) is 13.2 Å². The molecule has 21 heavy (non-hydrogen) atoms. The Morgan fingerprint density at radius 1 is 1.33 bits per heavy atom. The van der Waals surface area contributed by atoms with Crippen LogP contribution in [-0.4, -0.2) is 21.3 Å². The second kappa shape index (κ2) is 6.05. The first kappa shape index (κ1) is 15.8. The Hall–Kier alpha value is -1.56. The third-order valence-corrected chi connectivity index (χ3v) is 3.68. The molecule has 1 heterocycles. The lowest BCUT2D eigenvalue weighted by Gasteiger charge is -2.16. The topological polar surface area (TPSA) is 38.0 Å². The summed E-state index contributed by atoms with van der Waals surface area (Å²) in [4.78, 5) is 4.35. The predicted octanol–water partition coefficient (Wildman–Crippen LogP) is 3.95. The monoisotopic (exact) mass is 300 g/mol. The van der Waals surface area contributed by atoms with E-state index < -0.39 is 11.7 Å². The van der Waals surface area contributed by atoms with Gasteiger partial charge in [0.15, 0.2) is 0 Å². The largest absolute Gasteiger partial charge is 0.416 e. The highest BCUT2D eigenvalue weighted by atomic mass is 19.4. The Balaban J connectivity index is 2.55. The molecule has 0 spiro atoms. The predicted molar refractivity (Wildman–Crippen MR) is 75.1 cm³/mol. The summed E-state index contributed by atoms with van der Waals surface area (Å²) >= 11 is 0. The molecule has 0 aliphatic carbocycles. The van der Waals surface area contributed by atoms with Crippen molar-refractivity contribution >= 4 is 11.0 Å². The summed E-state index contributed by atoms with van der Waals surface area (Å²) < 4.78 is 40.3. The van der Waals surface area contributed by atoms with Gasteiger partial charge < -0.3 is 9.67 Å². The fourth-order valence-corrected chi connectivity index (χ4v) is 2.41. The van der Waals surface area contributed by atoms with Gasteiger partial charge in [0.05, 0.1) is 16.6 Å². The average molecular weight is 300 g/mol. The minimum Gasteiger partial charge on any atom is -0.396 e. The Labute approximate surface area is 121 Å². The third-order valence-electron chi connectivity index (χ3n) is 3.68. The summed E-state index contributed by atoms with van der Waals surface area (Å²) in [7, 11) is 0. The van der Waals surface area contributed by atoms with E-state index in [1.807, 2.05) is 18.4 Å². The zero-order chi connectivity index (χ0) is 15.6. The highest BCUT2D eigenvalue weighted by Gasteiger charge is 2.31. The van der Waals surface area contributed by atoms with E-state index >= 15 is 0 Å². The fraction of sp³-hybridized carbons (Fsp3) is 0.533. The highest BCUT2D eigenvalue weighted by Crippen LogP contribution is 2.32. The van der Waals surface area contributed by atoms with E-state index in [4.69, 9.17) is 5.11 Å². The second-order valence-electron chi connectivity index (χ2n) is 5.18. The first-order chi connectivity index (χ1) is 9.88. The summed E-state index contributed by atoms with van der Waals surface area (Å²) in [5.41, 5.74) is 0.390. The van der Waals surface area contributed by atoms with E-state index in [9.17, 15) is 13.2 Å². The minimum atomic E-state index is -4.36. The Morgan fingerprint density at radius 3 is 2.62 bits per heavy atom. The zero-order valence-corrected chi connectivity index (χ0v) is 12.1. The molecule has 0 bridgehead atoms. The molecule has 116 valence electrons. The molecule has 0 amide bonds. The lowest BCUT2D eigenvalue weighted by Crippen LogP contribution is -2.09. The van der Waals surface area contributed by atoms with Gasteiger partial charge in [-0.3, -0.25) is 0 Å². The number of alkyl halides is 3. The van der Waals surface area contributed by atoms with Gasteiger partial charge in [-0.15, -0.1) is 0 Å². The number of nitrogens with zero attached hydrogens (tertiary/aromatic N) is 2. The van der Waals surface area contributed by atoms with E-state index in [0.29, 0.717) is 23.9 Å². The van der Waals surface area contributed by atoms with Gasteiger partial charge >= 0.3 is 6.18 Å². The molecule has 0 saturated heterocycles. The van der Waals surface area contributed by atoms with Crippen LogP contribution in [-0.2, 0) is 12.6 Å². The van der Waals surface area contributed by atoms with Gasteiger partial charge in [-0.05, 0) is 38.0 Å². The molecule has 1 aromatic heterocycles. The number of rotatable bonds is 5. The summed E-state index contributed by atoms with van der Waals surface area (Å²) in [6.07, 6.45) is -2.40. The molecular weight excluding hydrogens is 281 g/mol. The Morgan fingerprint density at radius 2 is 2.05 bits per heavy atom. The SMILES string of the molecule is CCC(C)n1c(CCCO)nc2cc(C(F)(F)F)ccc21. The number of imidazole rings is 1. The number of hydrogen-bond acceptors (Lipinski definition) is 2. The van der Waals surface area contributed by atoms with E-state index in [1.54, 1.807) is 0 Å². The molecular formula is C15H19F3N2O. The van der Waals surface area contributed by atoms with Gasteiger partial charge in [-0.25, -0.2) is 4.98 Å². The average Bonchev–Trinajstić information content (AvgIpc) is 2.80. The van der Waals surface area contributed by atoms with Crippen LogP contribution in [0.3, 0.4) is 0 Å². The zero-order valence-electron chi connectivity index (χ0n) is 12.1. The molecule has 2 rings (SSSR count). The summed E-state index contributed by atoms with van der Waals surface area (Å²) in [5.74, 6) is 0.729. The number of aromatic nitrogens is 2. The third kappa shape index (κ3) is 3.20. The summed E-state index contributed by atoms with van der Waals surface area (Å²) in [6.45, 7) is 4.08. The summed E-state index contributed by atoms with van der Waals surface area (Å²) in [6, 6.07) is 3.83. The first-order valence-electron chi connectivity index (χ1n) is 7.07. The number of halogens is 3. The number of aryl methyl sites for hydroxylation is 1. The molecule has 0 aliphatic heterocycles. The smallest absolute Gasteiger partial charge is 0.396 e. The van der Waals surface area contributed by atoms with Crippen LogP contribution < -0.4 is 0 Å². The van der Waals surface area contributed by atoms with Crippen molar-refractivity contribution < 1.29 is 18.3 Å². The molecule has 0 saturated carbocycles. The second-order valence-corrected chi connectivity index (χ2v) is 5.18. The van der Waals surface area contributed by atoms with Gasteiger partial charge in [0, 0.05) is 19.1 Å². The van der Waals surface area contributed by atoms with Crippen molar-refractivity contribution in [1.82, 2.24) is 9.55 Å². The fourth-order valence-electron chi connectivity index (χ4n) is 2.41. The van der Waals surface area contributed by atoms with Gasteiger partial charge in [0.2, 0.25) is 0 Å². The van der Waals surface area contributed by atoms with Crippen LogP contribution in [0.25, 0.3) is 11.0 Å². The Bertz CT molecular complexity index is 619. The van der Waals surface area contributed by atoms with E-state index in [0.717, 1.165) is 24.4 Å². The minimum absolute atomic E-state index is 0.0392. The van der Waals surface area contributed by atoms with Crippen LogP contribution in [0.15, 0.2) is 18.2 Å².